The van der Waals surface area contributed by atoms with Crippen LogP contribution >= 0.6 is 0 Å². The maximum absolute atomic E-state index is 12.0. The third-order valence-corrected chi connectivity index (χ3v) is 3.49. The molecular formula is C16H20O. The molecule has 1 fully saturated rings. The monoisotopic (exact) mass is 228 g/mol. The smallest absolute Gasteiger partial charge is 0.160 e. The van der Waals surface area contributed by atoms with Gasteiger partial charge < -0.3 is 0 Å². The van der Waals surface area contributed by atoms with Crippen molar-refractivity contribution in [1.82, 2.24) is 0 Å². The highest BCUT2D eigenvalue weighted by Gasteiger charge is 2.08. The average Bonchev–Trinajstić information content (AvgIpc) is 2.33. The number of rotatable bonds is 3. The molecule has 1 saturated carbocycles. The van der Waals surface area contributed by atoms with Gasteiger partial charge in [0.25, 0.3) is 0 Å². The van der Waals surface area contributed by atoms with Crippen molar-refractivity contribution in [2.75, 3.05) is 0 Å². The predicted molar refractivity (Wildman–Crippen MR) is 71.1 cm³/mol. The molecule has 0 aliphatic heterocycles. The van der Waals surface area contributed by atoms with Crippen LogP contribution in [0.15, 0.2) is 35.9 Å². The molecule has 0 bridgehead atoms. The normalized spacial score (nSPS) is 15.7. The molecule has 1 aliphatic carbocycles. The van der Waals surface area contributed by atoms with Gasteiger partial charge in [-0.05, 0) is 49.8 Å². The highest BCUT2D eigenvalue weighted by molar-refractivity contribution is 5.92. The van der Waals surface area contributed by atoms with Gasteiger partial charge in [-0.3, -0.25) is 4.79 Å². The van der Waals surface area contributed by atoms with Crippen LogP contribution in [0.5, 0.6) is 0 Å². The van der Waals surface area contributed by atoms with E-state index in [4.69, 9.17) is 0 Å². The van der Waals surface area contributed by atoms with Gasteiger partial charge in [0.15, 0.2) is 5.78 Å². The molecule has 0 unspecified atom stereocenters. The Morgan fingerprint density at radius 2 is 1.88 bits per heavy atom. The molecule has 0 amide bonds. The van der Waals surface area contributed by atoms with E-state index in [2.05, 4.69) is 13.0 Å². The van der Waals surface area contributed by atoms with Gasteiger partial charge >= 0.3 is 0 Å². The second kappa shape index (κ2) is 5.81. The van der Waals surface area contributed by atoms with Crippen LogP contribution in [-0.4, -0.2) is 5.78 Å². The lowest BCUT2D eigenvalue weighted by atomic mass is 9.93. The van der Waals surface area contributed by atoms with Crippen LogP contribution in [0.25, 0.3) is 0 Å². The van der Waals surface area contributed by atoms with Gasteiger partial charge in [-0.1, -0.05) is 36.3 Å². The molecule has 0 heterocycles. The summed E-state index contributed by atoms with van der Waals surface area (Å²) in [5.41, 5.74) is 3.72. The van der Waals surface area contributed by atoms with Crippen molar-refractivity contribution in [3.05, 3.63) is 47.0 Å². The van der Waals surface area contributed by atoms with Crippen molar-refractivity contribution < 1.29 is 4.79 Å². The molecule has 1 aliphatic rings. The van der Waals surface area contributed by atoms with E-state index in [1.165, 1.54) is 30.4 Å². The molecule has 1 aromatic rings. The molecule has 0 atom stereocenters. The molecular weight excluding hydrogens is 208 g/mol. The van der Waals surface area contributed by atoms with Gasteiger partial charge in [0.05, 0.1) is 0 Å². The fourth-order valence-electron chi connectivity index (χ4n) is 2.43. The summed E-state index contributed by atoms with van der Waals surface area (Å²) < 4.78 is 0. The molecule has 0 N–H and O–H groups in total. The van der Waals surface area contributed by atoms with Crippen LogP contribution in [0.1, 0.15) is 43.2 Å². The molecule has 0 radical (unpaired) electrons. The summed E-state index contributed by atoms with van der Waals surface area (Å²) in [4.78, 5) is 12.0. The quantitative estimate of drug-likeness (QED) is 0.715. The van der Waals surface area contributed by atoms with Gasteiger partial charge in [-0.15, -0.1) is 0 Å². The minimum absolute atomic E-state index is 0.260. The molecule has 1 aromatic carbocycles. The molecule has 2 rings (SSSR count). The zero-order valence-electron chi connectivity index (χ0n) is 10.5. The average molecular weight is 228 g/mol. The van der Waals surface area contributed by atoms with E-state index < -0.39 is 0 Å². The topological polar surface area (TPSA) is 17.1 Å². The fourth-order valence-corrected chi connectivity index (χ4v) is 2.43. The van der Waals surface area contributed by atoms with Crippen molar-refractivity contribution in [2.45, 2.75) is 45.4 Å². The summed E-state index contributed by atoms with van der Waals surface area (Å²) in [6.07, 6.45) is 8.52. The maximum Gasteiger partial charge on any atom is 0.160 e. The number of hydrogen-bond acceptors (Lipinski definition) is 1. The van der Waals surface area contributed by atoms with Gasteiger partial charge in [0.2, 0.25) is 0 Å². The Kier molecular flexibility index (Phi) is 4.13. The molecule has 1 nitrogen and oxygen atoms in total. The number of hydrogen-bond donors (Lipinski definition) is 0. The first kappa shape index (κ1) is 12.1. The first-order valence-corrected chi connectivity index (χ1v) is 6.52. The van der Waals surface area contributed by atoms with Crippen LogP contribution in [0, 0.1) is 6.92 Å². The minimum Gasteiger partial charge on any atom is -0.294 e. The van der Waals surface area contributed by atoms with E-state index in [1.54, 1.807) is 0 Å². The van der Waals surface area contributed by atoms with Crippen LogP contribution in [0.4, 0.5) is 0 Å². The molecule has 1 heteroatoms. The van der Waals surface area contributed by atoms with E-state index >= 15 is 0 Å². The summed E-state index contributed by atoms with van der Waals surface area (Å²) in [7, 11) is 0. The van der Waals surface area contributed by atoms with E-state index in [1.807, 2.05) is 24.3 Å². The summed E-state index contributed by atoms with van der Waals surface area (Å²) in [5.74, 6) is 0.260. The van der Waals surface area contributed by atoms with Crippen molar-refractivity contribution in [3.63, 3.8) is 0 Å². The second-order valence-corrected chi connectivity index (χ2v) is 4.93. The van der Waals surface area contributed by atoms with Crippen molar-refractivity contribution in [1.29, 1.82) is 0 Å². The molecule has 0 spiro atoms. The van der Waals surface area contributed by atoms with E-state index in [-0.39, 0.29) is 5.78 Å². The Bertz CT molecular complexity index is 421. The second-order valence-electron chi connectivity index (χ2n) is 4.93. The van der Waals surface area contributed by atoms with E-state index in [0.29, 0.717) is 6.42 Å². The Morgan fingerprint density at radius 1 is 1.18 bits per heavy atom. The van der Waals surface area contributed by atoms with Gasteiger partial charge in [-0.2, -0.15) is 0 Å². The zero-order valence-corrected chi connectivity index (χ0v) is 10.5. The number of aryl methyl sites for hydroxylation is 1. The Labute approximate surface area is 104 Å². The van der Waals surface area contributed by atoms with Gasteiger partial charge in [0, 0.05) is 6.42 Å². The summed E-state index contributed by atoms with van der Waals surface area (Å²) >= 11 is 0. The maximum atomic E-state index is 12.0. The molecule has 0 aromatic heterocycles. The third kappa shape index (κ3) is 3.55. The first-order valence-electron chi connectivity index (χ1n) is 6.52. The van der Waals surface area contributed by atoms with Crippen LogP contribution < -0.4 is 0 Å². The summed E-state index contributed by atoms with van der Waals surface area (Å²) in [6, 6.07) is 8.13. The number of carbonyl (C=O) groups is 1. The lowest BCUT2D eigenvalue weighted by molar-refractivity contribution is -0.114. The highest BCUT2D eigenvalue weighted by Crippen LogP contribution is 2.22. The molecule has 90 valence electrons. The Hall–Kier alpha value is -1.37. The van der Waals surface area contributed by atoms with Crippen molar-refractivity contribution >= 4 is 5.78 Å². The lowest BCUT2D eigenvalue weighted by Crippen LogP contribution is -2.03. The van der Waals surface area contributed by atoms with Crippen molar-refractivity contribution in [3.8, 4) is 0 Å². The number of allylic oxidation sites excluding steroid dienone is 2. The standard InChI is InChI=1S/C16H20O/c1-13-7-5-6-10-15(13)12-16(17)11-14-8-3-2-4-9-14/h5-7,10-11H,2-4,8-9,12H2,1H3. The predicted octanol–water partition coefficient (Wildman–Crippen LogP) is 4.00. The minimum atomic E-state index is 0.260. The van der Waals surface area contributed by atoms with Crippen LogP contribution in [0.3, 0.4) is 0 Å². The largest absolute Gasteiger partial charge is 0.294 e. The first-order chi connectivity index (χ1) is 8.25. The summed E-state index contributed by atoms with van der Waals surface area (Å²) in [6.45, 7) is 2.07. The van der Waals surface area contributed by atoms with Crippen molar-refractivity contribution in [2.24, 2.45) is 0 Å². The SMILES string of the molecule is Cc1ccccc1CC(=O)C=C1CCCCC1. The van der Waals surface area contributed by atoms with E-state index in [0.717, 1.165) is 18.4 Å². The van der Waals surface area contributed by atoms with Gasteiger partial charge in [0.1, 0.15) is 0 Å². The zero-order chi connectivity index (χ0) is 12.1. The third-order valence-electron chi connectivity index (χ3n) is 3.49. The lowest BCUT2D eigenvalue weighted by Gasteiger charge is -2.13. The number of ketones is 1. The van der Waals surface area contributed by atoms with Crippen LogP contribution in [-0.2, 0) is 11.2 Å². The van der Waals surface area contributed by atoms with Gasteiger partial charge in [-0.25, -0.2) is 0 Å². The highest BCUT2D eigenvalue weighted by atomic mass is 16.1. The number of benzene rings is 1. The molecule has 0 saturated heterocycles. The van der Waals surface area contributed by atoms with E-state index in [9.17, 15) is 4.79 Å². The van der Waals surface area contributed by atoms with Crippen LogP contribution in [0.2, 0.25) is 0 Å². The Balaban J connectivity index is 1.99. The Morgan fingerprint density at radius 3 is 2.59 bits per heavy atom. The summed E-state index contributed by atoms with van der Waals surface area (Å²) in [5, 5.41) is 0. The number of carbonyl (C=O) groups excluding carboxylic acids is 1. The fraction of sp³-hybridized carbons (Fsp3) is 0.438. The molecule has 17 heavy (non-hydrogen) atoms.